The lowest BCUT2D eigenvalue weighted by atomic mass is 9.92. The average Bonchev–Trinajstić information content (AvgIpc) is 2.11. The van der Waals surface area contributed by atoms with E-state index in [0.29, 0.717) is 13.1 Å². The number of carboxylic acids is 1. The lowest BCUT2D eigenvalue weighted by molar-refractivity contribution is -0.137. The summed E-state index contributed by atoms with van der Waals surface area (Å²) < 4.78 is 0. The summed E-state index contributed by atoms with van der Waals surface area (Å²) in [5.74, 6) is -0.895. The Morgan fingerprint density at radius 1 is 1.24 bits per heavy atom. The van der Waals surface area contributed by atoms with Gasteiger partial charge in [0.15, 0.2) is 0 Å². The number of amides is 2. The van der Waals surface area contributed by atoms with E-state index in [1.54, 1.807) is 6.92 Å². The van der Waals surface area contributed by atoms with E-state index in [-0.39, 0.29) is 23.8 Å². The normalized spacial score (nSPS) is 12.9. The van der Waals surface area contributed by atoms with Crippen molar-refractivity contribution in [2.75, 3.05) is 13.1 Å². The van der Waals surface area contributed by atoms with E-state index in [0.717, 1.165) is 6.42 Å². The number of urea groups is 1. The van der Waals surface area contributed by atoms with Gasteiger partial charge in [0.25, 0.3) is 0 Å². The van der Waals surface area contributed by atoms with E-state index in [1.807, 2.05) is 0 Å². The maximum Gasteiger partial charge on any atom is 0.314 e. The summed E-state index contributed by atoms with van der Waals surface area (Å²) in [5, 5.41) is 14.0. The molecule has 100 valence electrons. The Morgan fingerprint density at radius 3 is 2.29 bits per heavy atom. The predicted octanol–water partition coefficient (Wildman–Crippen LogP) is 1.83. The predicted molar refractivity (Wildman–Crippen MR) is 66.9 cm³/mol. The highest BCUT2D eigenvalue weighted by atomic mass is 16.4. The molecule has 0 aliphatic carbocycles. The van der Waals surface area contributed by atoms with Crippen LogP contribution in [0.15, 0.2) is 0 Å². The summed E-state index contributed by atoms with van der Waals surface area (Å²) in [4.78, 5) is 21.8. The molecule has 0 aromatic heterocycles. The number of carboxylic acid groups (broad SMARTS) is 1. The van der Waals surface area contributed by atoms with Crippen LogP contribution in [0.2, 0.25) is 0 Å². The summed E-state index contributed by atoms with van der Waals surface area (Å²) in [5.41, 5.74) is 0.198. The summed E-state index contributed by atoms with van der Waals surface area (Å²) >= 11 is 0. The van der Waals surface area contributed by atoms with Crippen molar-refractivity contribution in [3.05, 3.63) is 0 Å². The standard InChI is InChI=1S/C12H24N2O3/c1-9(7-10(15)16)8-14-11(17)13-6-5-12(2,3)4/h9H,5-8H2,1-4H3,(H,15,16)(H2,13,14,17). The topological polar surface area (TPSA) is 78.4 Å². The Bertz CT molecular complexity index is 259. The Morgan fingerprint density at radius 2 is 1.82 bits per heavy atom. The van der Waals surface area contributed by atoms with Crippen molar-refractivity contribution in [2.24, 2.45) is 11.3 Å². The third-order valence-corrected chi connectivity index (χ3v) is 2.29. The van der Waals surface area contributed by atoms with Crippen LogP contribution in [-0.2, 0) is 4.79 Å². The van der Waals surface area contributed by atoms with Crippen molar-refractivity contribution < 1.29 is 14.7 Å². The average molecular weight is 244 g/mol. The van der Waals surface area contributed by atoms with Crippen molar-refractivity contribution in [3.63, 3.8) is 0 Å². The largest absolute Gasteiger partial charge is 0.481 e. The van der Waals surface area contributed by atoms with Crippen LogP contribution in [-0.4, -0.2) is 30.2 Å². The zero-order valence-electron chi connectivity index (χ0n) is 11.2. The van der Waals surface area contributed by atoms with Gasteiger partial charge in [0.05, 0.1) is 0 Å². The lowest BCUT2D eigenvalue weighted by Crippen LogP contribution is -2.39. The van der Waals surface area contributed by atoms with Crippen molar-refractivity contribution in [1.29, 1.82) is 0 Å². The second-order valence-corrected chi connectivity index (χ2v) is 5.65. The fourth-order valence-corrected chi connectivity index (χ4v) is 1.25. The monoisotopic (exact) mass is 244 g/mol. The lowest BCUT2D eigenvalue weighted by Gasteiger charge is -2.18. The summed E-state index contributed by atoms with van der Waals surface area (Å²) in [7, 11) is 0. The summed E-state index contributed by atoms with van der Waals surface area (Å²) in [6.45, 7) is 9.14. The van der Waals surface area contributed by atoms with E-state index in [2.05, 4.69) is 31.4 Å². The molecule has 5 nitrogen and oxygen atoms in total. The second-order valence-electron chi connectivity index (χ2n) is 5.65. The van der Waals surface area contributed by atoms with Crippen LogP contribution in [0.3, 0.4) is 0 Å². The van der Waals surface area contributed by atoms with Crippen molar-refractivity contribution in [1.82, 2.24) is 10.6 Å². The van der Waals surface area contributed by atoms with Gasteiger partial charge in [-0.25, -0.2) is 4.79 Å². The molecule has 1 unspecified atom stereocenters. The summed E-state index contributed by atoms with van der Waals surface area (Å²) in [6.07, 6.45) is 0.980. The molecule has 17 heavy (non-hydrogen) atoms. The Labute approximate surface area is 103 Å². The highest BCUT2D eigenvalue weighted by Crippen LogP contribution is 2.16. The number of aliphatic carboxylic acids is 1. The maximum absolute atomic E-state index is 11.3. The van der Waals surface area contributed by atoms with Crippen LogP contribution < -0.4 is 10.6 Å². The maximum atomic E-state index is 11.3. The second kappa shape index (κ2) is 7.14. The minimum absolute atomic E-state index is 0.0548. The first-order chi connectivity index (χ1) is 7.70. The Hall–Kier alpha value is -1.26. The van der Waals surface area contributed by atoms with Gasteiger partial charge in [0.1, 0.15) is 0 Å². The molecule has 1 atom stereocenters. The minimum Gasteiger partial charge on any atom is -0.481 e. The molecule has 0 radical (unpaired) electrons. The molecule has 0 aromatic rings. The van der Waals surface area contributed by atoms with Gasteiger partial charge < -0.3 is 15.7 Å². The molecule has 0 heterocycles. The molecule has 0 fully saturated rings. The van der Waals surface area contributed by atoms with Crippen LogP contribution in [0, 0.1) is 11.3 Å². The first kappa shape index (κ1) is 15.7. The Kier molecular flexibility index (Phi) is 6.61. The molecular weight excluding hydrogens is 220 g/mol. The van der Waals surface area contributed by atoms with Crippen LogP contribution in [0.1, 0.15) is 40.5 Å². The zero-order chi connectivity index (χ0) is 13.5. The van der Waals surface area contributed by atoms with Gasteiger partial charge in [-0.1, -0.05) is 27.7 Å². The van der Waals surface area contributed by atoms with Crippen molar-refractivity contribution >= 4 is 12.0 Å². The minimum atomic E-state index is -0.840. The van der Waals surface area contributed by atoms with Crippen molar-refractivity contribution in [3.8, 4) is 0 Å². The van der Waals surface area contributed by atoms with E-state index >= 15 is 0 Å². The number of hydrogen-bond donors (Lipinski definition) is 3. The highest BCUT2D eigenvalue weighted by molar-refractivity contribution is 5.73. The number of carbonyl (C=O) groups is 2. The molecule has 0 saturated heterocycles. The molecule has 2 amide bonds. The number of hydrogen-bond acceptors (Lipinski definition) is 2. The van der Waals surface area contributed by atoms with Gasteiger partial charge in [-0.05, 0) is 17.8 Å². The molecule has 0 rings (SSSR count). The summed E-state index contributed by atoms with van der Waals surface area (Å²) in [6, 6.07) is -0.230. The molecule has 0 spiro atoms. The number of carbonyl (C=O) groups excluding carboxylic acids is 1. The first-order valence-electron chi connectivity index (χ1n) is 5.94. The first-order valence-corrected chi connectivity index (χ1v) is 5.94. The van der Waals surface area contributed by atoms with E-state index < -0.39 is 5.97 Å². The fraction of sp³-hybridized carbons (Fsp3) is 0.833. The SMILES string of the molecule is CC(CNC(=O)NCCC(C)(C)C)CC(=O)O. The fourth-order valence-electron chi connectivity index (χ4n) is 1.25. The molecule has 5 heteroatoms. The molecule has 0 saturated carbocycles. The van der Waals surface area contributed by atoms with Gasteiger partial charge in [-0.15, -0.1) is 0 Å². The smallest absolute Gasteiger partial charge is 0.314 e. The van der Waals surface area contributed by atoms with E-state index in [9.17, 15) is 9.59 Å². The number of nitrogens with one attached hydrogen (secondary N) is 2. The van der Waals surface area contributed by atoms with Crippen LogP contribution in [0.25, 0.3) is 0 Å². The van der Waals surface area contributed by atoms with Gasteiger partial charge in [-0.2, -0.15) is 0 Å². The van der Waals surface area contributed by atoms with Gasteiger partial charge in [0, 0.05) is 19.5 Å². The molecule has 0 bridgehead atoms. The third-order valence-electron chi connectivity index (χ3n) is 2.29. The van der Waals surface area contributed by atoms with Crippen LogP contribution in [0.5, 0.6) is 0 Å². The molecule has 0 aliphatic rings. The Balaban J connectivity index is 3.63. The van der Waals surface area contributed by atoms with Crippen molar-refractivity contribution in [2.45, 2.75) is 40.5 Å². The molecule has 0 aromatic carbocycles. The third kappa shape index (κ3) is 11.0. The number of rotatable bonds is 6. The van der Waals surface area contributed by atoms with Crippen LogP contribution >= 0.6 is 0 Å². The van der Waals surface area contributed by atoms with Gasteiger partial charge >= 0.3 is 12.0 Å². The molecule has 3 N–H and O–H groups in total. The quantitative estimate of drug-likeness (QED) is 0.667. The molecular formula is C12H24N2O3. The molecule has 0 aliphatic heterocycles. The highest BCUT2D eigenvalue weighted by Gasteiger charge is 2.11. The van der Waals surface area contributed by atoms with Gasteiger partial charge in [-0.3, -0.25) is 4.79 Å². The van der Waals surface area contributed by atoms with E-state index in [4.69, 9.17) is 5.11 Å². The van der Waals surface area contributed by atoms with E-state index in [1.165, 1.54) is 0 Å². The van der Waals surface area contributed by atoms with Gasteiger partial charge in [0.2, 0.25) is 0 Å². The zero-order valence-corrected chi connectivity index (χ0v) is 11.2. The van der Waals surface area contributed by atoms with Crippen LogP contribution in [0.4, 0.5) is 4.79 Å².